The van der Waals surface area contributed by atoms with Crippen molar-refractivity contribution in [3.8, 4) is 0 Å². The van der Waals surface area contributed by atoms with E-state index in [-0.39, 0.29) is 5.91 Å². The van der Waals surface area contributed by atoms with Crippen LogP contribution in [-0.2, 0) is 12.8 Å². The summed E-state index contributed by atoms with van der Waals surface area (Å²) in [6, 6.07) is 7.70. The molecule has 0 radical (unpaired) electrons. The Morgan fingerprint density at radius 2 is 2.17 bits per heavy atom. The minimum absolute atomic E-state index is 0.213. The third-order valence-electron chi connectivity index (χ3n) is 3.19. The summed E-state index contributed by atoms with van der Waals surface area (Å²) in [5.74, 6) is -0.213. The Balaban J connectivity index is 1.70. The van der Waals surface area contributed by atoms with Crippen molar-refractivity contribution in [2.45, 2.75) is 19.8 Å². The molecule has 23 heavy (non-hydrogen) atoms. The molecule has 0 fully saturated rings. The Kier molecular flexibility index (Phi) is 5.00. The van der Waals surface area contributed by atoms with Crippen molar-refractivity contribution >= 4 is 45.5 Å². The van der Waals surface area contributed by atoms with Gasteiger partial charge in [0.05, 0.1) is 5.69 Å². The van der Waals surface area contributed by atoms with E-state index < -0.39 is 0 Å². The second-order valence-electron chi connectivity index (χ2n) is 4.76. The monoisotopic (exact) mass is 364 g/mol. The van der Waals surface area contributed by atoms with Crippen LogP contribution < -0.4 is 5.32 Å². The van der Waals surface area contributed by atoms with Crippen LogP contribution in [0.25, 0.3) is 0 Å². The SMILES string of the molecule is CCc1nnsc1C(=O)Nc1ncc(Cc2ccccc2Cl)s1. The lowest BCUT2D eigenvalue weighted by atomic mass is 10.1. The van der Waals surface area contributed by atoms with Crippen molar-refractivity contribution in [1.29, 1.82) is 0 Å². The molecule has 2 aromatic heterocycles. The van der Waals surface area contributed by atoms with Gasteiger partial charge in [0.15, 0.2) is 5.13 Å². The van der Waals surface area contributed by atoms with E-state index in [0.717, 1.165) is 27.0 Å². The number of nitrogens with one attached hydrogen (secondary N) is 1. The van der Waals surface area contributed by atoms with Gasteiger partial charge in [-0.05, 0) is 29.6 Å². The molecule has 1 aromatic carbocycles. The third kappa shape index (κ3) is 3.74. The van der Waals surface area contributed by atoms with Crippen molar-refractivity contribution in [1.82, 2.24) is 14.6 Å². The maximum Gasteiger partial charge on any atom is 0.271 e. The fourth-order valence-corrected chi connectivity index (χ4v) is 3.72. The lowest BCUT2D eigenvalue weighted by molar-refractivity contribution is 0.102. The molecule has 0 aliphatic heterocycles. The molecule has 0 atom stereocenters. The first-order valence-corrected chi connectivity index (χ1v) is 8.95. The quantitative estimate of drug-likeness (QED) is 0.741. The molecule has 0 spiro atoms. The zero-order valence-corrected chi connectivity index (χ0v) is 14.6. The molecule has 0 unspecified atom stereocenters. The molecule has 2 heterocycles. The van der Waals surface area contributed by atoms with Crippen molar-refractivity contribution in [2.75, 3.05) is 5.32 Å². The summed E-state index contributed by atoms with van der Waals surface area (Å²) >= 11 is 8.70. The zero-order chi connectivity index (χ0) is 16.2. The fraction of sp³-hybridized carbons (Fsp3) is 0.200. The number of hydrogen-bond donors (Lipinski definition) is 1. The molecular weight excluding hydrogens is 352 g/mol. The van der Waals surface area contributed by atoms with Crippen molar-refractivity contribution in [3.05, 3.63) is 56.5 Å². The summed E-state index contributed by atoms with van der Waals surface area (Å²) in [7, 11) is 0. The predicted molar refractivity (Wildman–Crippen MR) is 93.6 cm³/mol. The first-order chi connectivity index (χ1) is 11.2. The number of halogens is 1. The van der Waals surface area contributed by atoms with Gasteiger partial charge in [0.1, 0.15) is 4.88 Å². The lowest BCUT2D eigenvalue weighted by Gasteiger charge is -2.01. The normalized spacial score (nSPS) is 10.7. The average Bonchev–Trinajstić information content (AvgIpc) is 3.18. The van der Waals surface area contributed by atoms with E-state index in [1.807, 2.05) is 31.2 Å². The number of hydrogen-bond acceptors (Lipinski definition) is 6. The van der Waals surface area contributed by atoms with Gasteiger partial charge >= 0.3 is 0 Å². The Bertz CT molecular complexity index is 830. The number of anilines is 1. The number of benzene rings is 1. The van der Waals surface area contributed by atoms with Crippen LogP contribution in [0.2, 0.25) is 5.02 Å². The fourth-order valence-electron chi connectivity index (χ4n) is 2.04. The minimum Gasteiger partial charge on any atom is -0.297 e. The van der Waals surface area contributed by atoms with Gasteiger partial charge < -0.3 is 0 Å². The van der Waals surface area contributed by atoms with Gasteiger partial charge in [-0.15, -0.1) is 16.4 Å². The molecule has 118 valence electrons. The predicted octanol–water partition coefficient (Wildman–Crippen LogP) is 4.05. The Morgan fingerprint density at radius 3 is 2.96 bits per heavy atom. The molecule has 0 saturated carbocycles. The van der Waals surface area contributed by atoms with Crippen LogP contribution in [0.15, 0.2) is 30.5 Å². The van der Waals surface area contributed by atoms with Gasteiger partial charge in [0, 0.05) is 22.5 Å². The molecule has 0 bridgehead atoms. The highest BCUT2D eigenvalue weighted by Gasteiger charge is 2.16. The van der Waals surface area contributed by atoms with E-state index in [4.69, 9.17) is 11.6 Å². The Labute approximate surface area is 146 Å². The summed E-state index contributed by atoms with van der Waals surface area (Å²) in [6.07, 6.45) is 3.12. The van der Waals surface area contributed by atoms with Crippen molar-refractivity contribution < 1.29 is 4.79 Å². The smallest absolute Gasteiger partial charge is 0.271 e. The number of rotatable bonds is 5. The van der Waals surface area contributed by atoms with Crippen molar-refractivity contribution in [2.24, 2.45) is 0 Å². The number of aryl methyl sites for hydroxylation is 1. The molecule has 1 N–H and O–H groups in total. The Hall–Kier alpha value is -1.83. The molecule has 0 aliphatic rings. The third-order valence-corrected chi connectivity index (χ3v) is 5.24. The molecule has 5 nitrogen and oxygen atoms in total. The van der Waals surface area contributed by atoms with Gasteiger partial charge in [-0.1, -0.05) is 41.2 Å². The molecule has 0 aliphatic carbocycles. The van der Waals surface area contributed by atoms with Gasteiger partial charge in [-0.2, -0.15) is 0 Å². The largest absolute Gasteiger partial charge is 0.297 e. The number of carbonyl (C=O) groups excluding carboxylic acids is 1. The number of carbonyl (C=O) groups is 1. The van der Waals surface area contributed by atoms with Gasteiger partial charge in [0.2, 0.25) is 0 Å². The number of aromatic nitrogens is 3. The molecule has 0 saturated heterocycles. The van der Waals surface area contributed by atoms with E-state index >= 15 is 0 Å². The van der Waals surface area contributed by atoms with Gasteiger partial charge in [-0.25, -0.2) is 4.98 Å². The van der Waals surface area contributed by atoms with Crippen LogP contribution in [0.3, 0.4) is 0 Å². The van der Waals surface area contributed by atoms with E-state index in [1.165, 1.54) is 11.3 Å². The van der Waals surface area contributed by atoms with Crippen LogP contribution in [0.5, 0.6) is 0 Å². The van der Waals surface area contributed by atoms with E-state index in [1.54, 1.807) is 6.20 Å². The average molecular weight is 365 g/mol. The molecular formula is C15H13ClN4OS2. The molecule has 1 amide bonds. The molecule has 3 aromatic rings. The highest BCUT2D eigenvalue weighted by molar-refractivity contribution is 7.16. The topological polar surface area (TPSA) is 67.8 Å². The Morgan fingerprint density at radius 1 is 1.35 bits per heavy atom. The summed E-state index contributed by atoms with van der Waals surface area (Å²) in [4.78, 5) is 18.1. The van der Waals surface area contributed by atoms with Crippen LogP contribution in [0.4, 0.5) is 5.13 Å². The highest BCUT2D eigenvalue weighted by Crippen LogP contribution is 2.25. The second kappa shape index (κ2) is 7.16. The number of nitrogens with zero attached hydrogens (tertiary/aromatic N) is 3. The van der Waals surface area contributed by atoms with E-state index in [9.17, 15) is 4.79 Å². The minimum atomic E-state index is -0.213. The first-order valence-electron chi connectivity index (χ1n) is 6.98. The number of thiazole rings is 1. The lowest BCUT2D eigenvalue weighted by Crippen LogP contribution is -2.11. The van der Waals surface area contributed by atoms with E-state index in [2.05, 4.69) is 19.9 Å². The summed E-state index contributed by atoms with van der Waals surface area (Å²) in [5.41, 5.74) is 1.75. The standard InChI is InChI=1S/C15H13ClN4OS2/c1-2-12-13(23-20-19-12)14(21)18-15-17-8-10(22-15)7-9-5-3-4-6-11(9)16/h3-6,8H,2,7H2,1H3,(H,17,18,21). The van der Waals surface area contributed by atoms with Crippen LogP contribution in [0, 0.1) is 0 Å². The molecule has 3 rings (SSSR count). The van der Waals surface area contributed by atoms with Gasteiger partial charge in [-0.3, -0.25) is 10.1 Å². The summed E-state index contributed by atoms with van der Waals surface area (Å²) in [6.45, 7) is 1.94. The zero-order valence-electron chi connectivity index (χ0n) is 12.2. The first kappa shape index (κ1) is 16.0. The summed E-state index contributed by atoms with van der Waals surface area (Å²) in [5, 5.41) is 8.04. The maximum atomic E-state index is 12.2. The summed E-state index contributed by atoms with van der Waals surface area (Å²) < 4.78 is 3.83. The van der Waals surface area contributed by atoms with Gasteiger partial charge in [0.25, 0.3) is 5.91 Å². The highest BCUT2D eigenvalue weighted by atomic mass is 35.5. The van der Waals surface area contributed by atoms with Crippen LogP contribution in [-0.4, -0.2) is 20.5 Å². The van der Waals surface area contributed by atoms with E-state index in [0.29, 0.717) is 28.5 Å². The number of amides is 1. The van der Waals surface area contributed by atoms with Crippen molar-refractivity contribution in [3.63, 3.8) is 0 Å². The maximum absolute atomic E-state index is 12.2. The molecule has 8 heteroatoms. The second-order valence-corrected chi connectivity index (χ2v) is 7.03. The van der Waals surface area contributed by atoms with Crippen LogP contribution in [0.1, 0.15) is 32.7 Å². The van der Waals surface area contributed by atoms with Crippen LogP contribution >= 0.6 is 34.5 Å².